The number of rotatable bonds is 5. The highest BCUT2D eigenvalue weighted by atomic mass is 16.5. The molecule has 1 saturated heterocycles. The van der Waals surface area contributed by atoms with Gasteiger partial charge in [-0.15, -0.1) is 0 Å². The van der Waals surface area contributed by atoms with E-state index in [1.165, 1.54) is 12.8 Å². The lowest BCUT2D eigenvalue weighted by atomic mass is 9.97. The quantitative estimate of drug-likeness (QED) is 0.853. The van der Waals surface area contributed by atoms with E-state index in [1.807, 2.05) is 12.1 Å². The first kappa shape index (κ1) is 17.5. The normalized spacial score (nSPS) is 19.0. The SMILES string of the molecule is O=C(O)C1CCN(C(=O)NCc2cccnc2OC2CCCC2)CC1. The Labute approximate surface area is 147 Å². The van der Waals surface area contributed by atoms with Crippen LogP contribution in [0.1, 0.15) is 44.1 Å². The zero-order chi connectivity index (χ0) is 17.6. The van der Waals surface area contributed by atoms with Gasteiger partial charge in [-0.3, -0.25) is 4.79 Å². The van der Waals surface area contributed by atoms with E-state index in [4.69, 9.17) is 9.84 Å². The molecule has 136 valence electrons. The van der Waals surface area contributed by atoms with Crippen LogP contribution in [-0.4, -0.2) is 46.2 Å². The van der Waals surface area contributed by atoms with Crippen molar-refractivity contribution in [1.82, 2.24) is 15.2 Å². The van der Waals surface area contributed by atoms with Crippen LogP contribution in [0.2, 0.25) is 0 Å². The van der Waals surface area contributed by atoms with Gasteiger partial charge < -0.3 is 20.1 Å². The number of urea groups is 1. The fraction of sp³-hybridized carbons (Fsp3) is 0.611. The number of aliphatic carboxylic acids is 1. The van der Waals surface area contributed by atoms with E-state index in [-0.39, 0.29) is 18.1 Å². The minimum atomic E-state index is -0.774. The summed E-state index contributed by atoms with van der Waals surface area (Å²) >= 11 is 0. The third kappa shape index (κ3) is 4.61. The van der Waals surface area contributed by atoms with Crippen molar-refractivity contribution in [2.75, 3.05) is 13.1 Å². The third-order valence-electron chi connectivity index (χ3n) is 4.99. The van der Waals surface area contributed by atoms with Crippen LogP contribution in [0.4, 0.5) is 4.79 Å². The van der Waals surface area contributed by atoms with Gasteiger partial charge in [0.05, 0.1) is 5.92 Å². The van der Waals surface area contributed by atoms with E-state index < -0.39 is 5.97 Å². The van der Waals surface area contributed by atoms with Crippen molar-refractivity contribution in [3.8, 4) is 5.88 Å². The van der Waals surface area contributed by atoms with Gasteiger partial charge in [-0.2, -0.15) is 0 Å². The Hall–Kier alpha value is -2.31. The Kier molecular flexibility index (Phi) is 5.73. The van der Waals surface area contributed by atoms with Crippen LogP contribution >= 0.6 is 0 Å². The smallest absolute Gasteiger partial charge is 0.317 e. The molecule has 7 heteroatoms. The topological polar surface area (TPSA) is 91.8 Å². The number of hydrogen-bond acceptors (Lipinski definition) is 4. The summed E-state index contributed by atoms with van der Waals surface area (Å²) in [6, 6.07) is 3.58. The molecule has 1 aromatic heterocycles. The van der Waals surface area contributed by atoms with Crippen molar-refractivity contribution < 1.29 is 19.4 Å². The average Bonchev–Trinajstić information content (AvgIpc) is 3.14. The number of nitrogens with one attached hydrogen (secondary N) is 1. The molecule has 2 fully saturated rings. The number of carboxylic acids is 1. The number of piperidine rings is 1. The molecule has 3 rings (SSSR count). The summed E-state index contributed by atoms with van der Waals surface area (Å²) in [5.41, 5.74) is 0.864. The number of likely N-dealkylation sites (tertiary alicyclic amines) is 1. The maximum atomic E-state index is 12.3. The van der Waals surface area contributed by atoms with E-state index in [0.29, 0.717) is 38.4 Å². The number of carboxylic acid groups (broad SMARTS) is 1. The molecule has 0 radical (unpaired) electrons. The van der Waals surface area contributed by atoms with Crippen LogP contribution in [0.3, 0.4) is 0 Å². The van der Waals surface area contributed by atoms with Gasteiger partial charge in [0, 0.05) is 31.4 Å². The van der Waals surface area contributed by atoms with Gasteiger partial charge in [0.15, 0.2) is 0 Å². The number of ether oxygens (including phenoxy) is 1. The molecule has 0 unspecified atom stereocenters. The molecule has 1 aliphatic carbocycles. The Morgan fingerprint density at radius 1 is 1.24 bits per heavy atom. The summed E-state index contributed by atoms with van der Waals surface area (Å²) in [5.74, 6) is -0.516. The minimum Gasteiger partial charge on any atom is -0.481 e. The Morgan fingerprint density at radius 2 is 1.96 bits per heavy atom. The molecule has 0 bridgehead atoms. The molecule has 0 aromatic carbocycles. The Bertz CT molecular complexity index is 608. The summed E-state index contributed by atoms with van der Waals surface area (Å²) in [6.07, 6.45) is 7.43. The van der Waals surface area contributed by atoms with Gasteiger partial charge in [0.1, 0.15) is 6.10 Å². The van der Waals surface area contributed by atoms with Crippen molar-refractivity contribution in [3.05, 3.63) is 23.9 Å². The zero-order valence-corrected chi connectivity index (χ0v) is 14.3. The number of aromatic nitrogens is 1. The number of amides is 2. The highest BCUT2D eigenvalue weighted by Crippen LogP contribution is 2.25. The summed E-state index contributed by atoms with van der Waals surface area (Å²) in [4.78, 5) is 29.3. The van der Waals surface area contributed by atoms with Gasteiger partial charge in [-0.05, 0) is 44.6 Å². The maximum absolute atomic E-state index is 12.3. The van der Waals surface area contributed by atoms with Gasteiger partial charge in [-0.25, -0.2) is 9.78 Å². The number of nitrogens with zero attached hydrogens (tertiary/aromatic N) is 2. The monoisotopic (exact) mass is 347 g/mol. The molecule has 1 aliphatic heterocycles. The summed E-state index contributed by atoms with van der Waals surface area (Å²) < 4.78 is 5.98. The molecule has 7 nitrogen and oxygen atoms in total. The first-order valence-corrected chi connectivity index (χ1v) is 8.99. The van der Waals surface area contributed by atoms with E-state index in [9.17, 15) is 9.59 Å². The molecule has 2 aliphatic rings. The van der Waals surface area contributed by atoms with Crippen LogP contribution in [0.15, 0.2) is 18.3 Å². The van der Waals surface area contributed by atoms with Gasteiger partial charge in [0.25, 0.3) is 0 Å². The first-order chi connectivity index (χ1) is 12.1. The van der Waals surface area contributed by atoms with Crippen LogP contribution in [0.25, 0.3) is 0 Å². The Morgan fingerprint density at radius 3 is 2.64 bits per heavy atom. The number of pyridine rings is 1. The van der Waals surface area contributed by atoms with Crippen LogP contribution in [0, 0.1) is 5.92 Å². The fourth-order valence-corrected chi connectivity index (χ4v) is 3.44. The fourth-order valence-electron chi connectivity index (χ4n) is 3.44. The highest BCUT2D eigenvalue weighted by Gasteiger charge is 2.27. The summed E-state index contributed by atoms with van der Waals surface area (Å²) in [7, 11) is 0. The van der Waals surface area contributed by atoms with Crippen molar-refractivity contribution >= 4 is 12.0 Å². The Balaban J connectivity index is 1.51. The predicted octanol–water partition coefficient (Wildman–Crippen LogP) is 2.41. The van der Waals surface area contributed by atoms with E-state index in [0.717, 1.165) is 18.4 Å². The zero-order valence-electron chi connectivity index (χ0n) is 14.3. The van der Waals surface area contributed by atoms with Crippen molar-refractivity contribution in [2.45, 2.75) is 51.2 Å². The number of carbonyl (C=O) groups excluding carboxylic acids is 1. The molecular weight excluding hydrogens is 322 g/mol. The van der Waals surface area contributed by atoms with Crippen LogP contribution in [0.5, 0.6) is 5.88 Å². The molecule has 25 heavy (non-hydrogen) atoms. The highest BCUT2D eigenvalue weighted by molar-refractivity contribution is 5.75. The van der Waals surface area contributed by atoms with E-state index in [1.54, 1.807) is 11.1 Å². The summed E-state index contributed by atoms with van der Waals surface area (Å²) in [5, 5.41) is 11.9. The van der Waals surface area contributed by atoms with Crippen molar-refractivity contribution in [2.24, 2.45) is 5.92 Å². The molecule has 2 heterocycles. The summed E-state index contributed by atoms with van der Waals surface area (Å²) in [6.45, 7) is 1.30. The molecule has 1 saturated carbocycles. The second-order valence-corrected chi connectivity index (χ2v) is 6.75. The molecule has 0 atom stereocenters. The standard InChI is InChI=1S/C18H25N3O4/c22-17(23)13-7-10-21(11-8-13)18(24)20-12-14-4-3-9-19-16(14)25-15-5-1-2-6-15/h3-4,9,13,15H,1-2,5-8,10-12H2,(H,20,24)(H,22,23). The van der Waals surface area contributed by atoms with Crippen LogP contribution < -0.4 is 10.1 Å². The first-order valence-electron chi connectivity index (χ1n) is 8.99. The third-order valence-corrected chi connectivity index (χ3v) is 4.99. The second-order valence-electron chi connectivity index (χ2n) is 6.75. The minimum absolute atomic E-state index is 0.167. The molecule has 2 N–H and O–H groups in total. The lowest BCUT2D eigenvalue weighted by molar-refractivity contribution is -0.143. The number of carbonyl (C=O) groups is 2. The van der Waals surface area contributed by atoms with Gasteiger partial charge in [-0.1, -0.05) is 6.07 Å². The van der Waals surface area contributed by atoms with Crippen molar-refractivity contribution in [3.63, 3.8) is 0 Å². The van der Waals surface area contributed by atoms with E-state index >= 15 is 0 Å². The molecule has 0 spiro atoms. The van der Waals surface area contributed by atoms with E-state index in [2.05, 4.69) is 10.3 Å². The lowest BCUT2D eigenvalue weighted by Gasteiger charge is -2.30. The molecular formula is C18H25N3O4. The van der Waals surface area contributed by atoms with Crippen LogP contribution in [-0.2, 0) is 11.3 Å². The lowest BCUT2D eigenvalue weighted by Crippen LogP contribution is -2.45. The largest absolute Gasteiger partial charge is 0.481 e. The maximum Gasteiger partial charge on any atom is 0.317 e. The predicted molar refractivity (Wildman–Crippen MR) is 91.3 cm³/mol. The molecule has 1 aromatic rings. The van der Waals surface area contributed by atoms with Crippen molar-refractivity contribution in [1.29, 1.82) is 0 Å². The van der Waals surface area contributed by atoms with Gasteiger partial charge >= 0.3 is 12.0 Å². The second kappa shape index (κ2) is 8.18. The average molecular weight is 347 g/mol. The molecule has 2 amide bonds. The van der Waals surface area contributed by atoms with Gasteiger partial charge in [0.2, 0.25) is 5.88 Å². The number of hydrogen-bond donors (Lipinski definition) is 2.